The Morgan fingerprint density at radius 1 is 1.15 bits per heavy atom. The number of guanidine groups is 1. The first-order valence-corrected chi connectivity index (χ1v) is 11.1. The van der Waals surface area contributed by atoms with Gasteiger partial charge in [0.1, 0.15) is 0 Å². The molecule has 2 aromatic rings. The van der Waals surface area contributed by atoms with Crippen LogP contribution in [0.4, 0.5) is 10.1 Å². The van der Waals surface area contributed by atoms with Crippen LogP contribution in [0.25, 0.3) is 0 Å². The van der Waals surface area contributed by atoms with Crippen molar-refractivity contribution in [2.75, 3.05) is 19.0 Å². The molecule has 3 N–H and O–H groups in total. The second-order valence-electron chi connectivity index (χ2n) is 8.58. The number of amides is 1. The predicted molar refractivity (Wildman–Crippen MR) is 142 cm³/mol. The highest BCUT2D eigenvalue weighted by Crippen LogP contribution is 2.30. The normalized spacial score (nSPS) is 14.3. The summed E-state index contributed by atoms with van der Waals surface area (Å²) in [6.45, 7) is 6.83. The molecule has 0 radical (unpaired) electrons. The maximum atomic E-state index is 14.4. The van der Waals surface area contributed by atoms with Crippen LogP contribution in [-0.4, -0.2) is 25.5 Å². The van der Waals surface area contributed by atoms with E-state index in [1.807, 2.05) is 51.1 Å². The Morgan fingerprint density at radius 3 is 2.42 bits per heavy atom. The molecule has 0 bridgehead atoms. The molecule has 8 heteroatoms. The van der Waals surface area contributed by atoms with Gasteiger partial charge in [0.25, 0.3) is 0 Å². The summed E-state index contributed by atoms with van der Waals surface area (Å²) in [4.78, 5) is 16.1. The van der Waals surface area contributed by atoms with Gasteiger partial charge in [0.05, 0.1) is 12.6 Å². The van der Waals surface area contributed by atoms with E-state index in [1.165, 1.54) is 18.9 Å². The quantitative estimate of drug-likeness (QED) is 0.220. The molecule has 1 amide bonds. The summed E-state index contributed by atoms with van der Waals surface area (Å²) >= 11 is 0. The van der Waals surface area contributed by atoms with Crippen molar-refractivity contribution in [3.8, 4) is 5.75 Å². The fourth-order valence-electron chi connectivity index (χ4n) is 3.06. The number of nitrogens with zero attached hydrogens (tertiary/aromatic N) is 1. The minimum Gasteiger partial charge on any atom is -0.490 e. The van der Waals surface area contributed by atoms with Gasteiger partial charge in [-0.2, -0.15) is 0 Å². The van der Waals surface area contributed by atoms with Gasteiger partial charge >= 0.3 is 0 Å². The smallest absolute Gasteiger partial charge is 0.226 e. The number of carbonyl (C=O) groups excluding carboxylic acids is 1. The van der Waals surface area contributed by atoms with E-state index in [0.29, 0.717) is 30.8 Å². The molecule has 1 atom stereocenters. The number of benzene rings is 2. The van der Waals surface area contributed by atoms with Crippen LogP contribution < -0.4 is 20.7 Å². The lowest BCUT2D eigenvalue weighted by Crippen LogP contribution is -2.38. The van der Waals surface area contributed by atoms with Crippen LogP contribution in [0.1, 0.15) is 50.8 Å². The Hall–Kier alpha value is -2.36. The van der Waals surface area contributed by atoms with E-state index < -0.39 is 0 Å². The summed E-state index contributed by atoms with van der Waals surface area (Å²) in [5.41, 5.74) is 2.64. The van der Waals surface area contributed by atoms with E-state index >= 15 is 0 Å². The average molecular weight is 568 g/mol. The lowest BCUT2D eigenvalue weighted by molar-refractivity contribution is -0.118. The SMILES string of the molecule is CN=C(NCc1ccc(NC(=O)C(C)C)cc1)NC(C)c1ccc(OCC2CC2)c(F)c1.I. The van der Waals surface area contributed by atoms with Crippen LogP contribution in [-0.2, 0) is 11.3 Å². The van der Waals surface area contributed by atoms with Crippen molar-refractivity contribution in [2.24, 2.45) is 16.8 Å². The first kappa shape index (κ1) is 26.9. The molecular formula is C25H34FIN4O2. The van der Waals surface area contributed by atoms with Crippen LogP contribution >= 0.6 is 24.0 Å². The Labute approximate surface area is 212 Å². The van der Waals surface area contributed by atoms with Gasteiger partial charge in [-0.3, -0.25) is 9.79 Å². The molecule has 33 heavy (non-hydrogen) atoms. The molecular weight excluding hydrogens is 534 g/mol. The predicted octanol–water partition coefficient (Wildman–Crippen LogP) is 5.25. The summed E-state index contributed by atoms with van der Waals surface area (Å²) in [6, 6.07) is 12.6. The first-order chi connectivity index (χ1) is 15.4. The highest BCUT2D eigenvalue weighted by molar-refractivity contribution is 14.0. The molecule has 6 nitrogen and oxygen atoms in total. The van der Waals surface area contributed by atoms with E-state index in [0.717, 1.165) is 16.8 Å². The zero-order valence-corrected chi connectivity index (χ0v) is 22.0. The molecule has 1 aliphatic rings. The average Bonchev–Trinajstić information content (AvgIpc) is 3.61. The van der Waals surface area contributed by atoms with Crippen LogP contribution in [0, 0.1) is 17.7 Å². The van der Waals surface area contributed by atoms with Crippen molar-refractivity contribution in [3.05, 3.63) is 59.4 Å². The summed E-state index contributed by atoms with van der Waals surface area (Å²) < 4.78 is 20.0. The number of anilines is 1. The van der Waals surface area contributed by atoms with Crippen molar-refractivity contribution >= 4 is 41.5 Å². The number of aliphatic imine (C=N–C) groups is 1. The standard InChI is InChI=1S/C25H33FN4O2.HI/c1-16(2)24(31)30-21-10-7-18(8-11-21)14-28-25(27-4)29-17(3)20-9-12-23(22(26)13-20)32-15-19-5-6-19;/h7-13,16-17,19H,5-6,14-15H2,1-4H3,(H,30,31)(H2,27,28,29);1H. The molecule has 180 valence electrons. The molecule has 1 fully saturated rings. The van der Waals surface area contributed by atoms with E-state index in [1.54, 1.807) is 13.1 Å². The summed E-state index contributed by atoms with van der Waals surface area (Å²) in [5.74, 6) is 1.09. The first-order valence-electron chi connectivity index (χ1n) is 11.1. The highest BCUT2D eigenvalue weighted by atomic mass is 127. The number of hydrogen-bond donors (Lipinski definition) is 3. The van der Waals surface area contributed by atoms with E-state index in [9.17, 15) is 9.18 Å². The second-order valence-corrected chi connectivity index (χ2v) is 8.58. The van der Waals surface area contributed by atoms with Crippen LogP contribution in [0.3, 0.4) is 0 Å². The van der Waals surface area contributed by atoms with Crippen molar-refractivity contribution in [1.82, 2.24) is 10.6 Å². The molecule has 0 heterocycles. The minimum atomic E-state index is -0.343. The number of ether oxygens (including phenoxy) is 1. The Bertz CT molecular complexity index is 946. The zero-order valence-electron chi connectivity index (χ0n) is 19.7. The van der Waals surface area contributed by atoms with Gasteiger partial charge in [0, 0.05) is 25.2 Å². The molecule has 1 saturated carbocycles. The number of halogens is 2. The molecule has 0 aliphatic heterocycles. The van der Waals surface area contributed by atoms with Crippen LogP contribution in [0.15, 0.2) is 47.5 Å². The lowest BCUT2D eigenvalue weighted by atomic mass is 10.1. The van der Waals surface area contributed by atoms with Crippen molar-refractivity contribution < 1.29 is 13.9 Å². The van der Waals surface area contributed by atoms with Crippen molar-refractivity contribution in [1.29, 1.82) is 0 Å². The maximum absolute atomic E-state index is 14.4. The maximum Gasteiger partial charge on any atom is 0.226 e. The number of carbonyl (C=O) groups is 1. The molecule has 0 spiro atoms. The van der Waals surface area contributed by atoms with E-state index in [-0.39, 0.29) is 47.7 Å². The highest BCUT2D eigenvalue weighted by Gasteiger charge is 2.22. The zero-order chi connectivity index (χ0) is 23.1. The Kier molecular flexibility index (Phi) is 10.4. The number of rotatable bonds is 9. The van der Waals surface area contributed by atoms with Crippen molar-refractivity contribution in [3.63, 3.8) is 0 Å². The van der Waals surface area contributed by atoms with Gasteiger partial charge in [-0.05, 0) is 61.1 Å². The number of nitrogens with one attached hydrogen (secondary N) is 3. The van der Waals surface area contributed by atoms with Gasteiger partial charge in [-0.1, -0.05) is 32.0 Å². The summed E-state index contributed by atoms with van der Waals surface area (Å²) in [6.07, 6.45) is 2.34. The largest absolute Gasteiger partial charge is 0.490 e. The fraction of sp³-hybridized carbons (Fsp3) is 0.440. The van der Waals surface area contributed by atoms with Crippen LogP contribution in [0.5, 0.6) is 5.75 Å². The molecule has 3 rings (SSSR count). The van der Waals surface area contributed by atoms with Gasteiger partial charge in [0.15, 0.2) is 17.5 Å². The second kappa shape index (κ2) is 12.8. The number of hydrogen-bond acceptors (Lipinski definition) is 3. The summed E-state index contributed by atoms with van der Waals surface area (Å²) in [7, 11) is 1.70. The third-order valence-electron chi connectivity index (χ3n) is 5.41. The molecule has 1 aliphatic carbocycles. The lowest BCUT2D eigenvalue weighted by Gasteiger charge is -2.19. The molecule has 2 aromatic carbocycles. The minimum absolute atomic E-state index is 0. The summed E-state index contributed by atoms with van der Waals surface area (Å²) in [5, 5.41) is 9.43. The molecule has 0 aromatic heterocycles. The van der Waals surface area contributed by atoms with Gasteiger partial charge in [-0.25, -0.2) is 4.39 Å². The topological polar surface area (TPSA) is 74.8 Å². The van der Waals surface area contributed by atoms with E-state index in [4.69, 9.17) is 4.74 Å². The third-order valence-corrected chi connectivity index (χ3v) is 5.41. The third kappa shape index (κ3) is 8.49. The monoisotopic (exact) mass is 568 g/mol. The van der Waals surface area contributed by atoms with Crippen LogP contribution in [0.2, 0.25) is 0 Å². The molecule has 1 unspecified atom stereocenters. The van der Waals surface area contributed by atoms with Crippen molar-refractivity contribution in [2.45, 2.75) is 46.2 Å². The molecule has 0 saturated heterocycles. The van der Waals surface area contributed by atoms with Gasteiger partial charge < -0.3 is 20.7 Å². The Morgan fingerprint density at radius 2 is 1.85 bits per heavy atom. The van der Waals surface area contributed by atoms with E-state index in [2.05, 4.69) is 20.9 Å². The Balaban J connectivity index is 0.00000385. The van der Waals surface area contributed by atoms with Gasteiger partial charge in [-0.15, -0.1) is 24.0 Å². The fourth-order valence-corrected chi connectivity index (χ4v) is 3.06. The van der Waals surface area contributed by atoms with Gasteiger partial charge in [0.2, 0.25) is 5.91 Å².